The van der Waals surface area contributed by atoms with Gasteiger partial charge in [0.1, 0.15) is 11.6 Å². The van der Waals surface area contributed by atoms with Gasteiger partial charge in [-0.05, 0) is 52.7 Å². The zero-order valence-electron chi connectivity index (χ0n) is 11.5. The first-order valence-electron chi connectivity index (χ1n) is 6.29. The molecule has 0 aliphatic heterocycles. The molecule has 1 aromatic heterocycles. The predicted octanol–water partition coefficient (Wildman–Crippen LogP) is 3.83. The minimum Gasteiger partial charge on any atom is -0.497 e. The highest BCUT2D eigenvalue weighted by Crippen LogP contribution is 2.30. The first-order valence-corrected chi connectivity index (χ1v) is 7.08. The summed E-state index contributed by atoms with van der Waals surface area (Å²) in [6, 6.07) is 8.72. The summed E-state index contributed by atoms with van der Waals surface area (Å²) in [5.41, 5.74) is 9.14. The molecule has 0 bridgehead atoms. The molecule has 0 amide bonds. The normalized spacial score (nSPS) is 11.0. The van der Waals surface area contributed by atoms with Crippen molar-refractivity contribution in [2.24, 2.45) is 0 Å². The van der Waals surface area contributed by atoms with Crippen LogP contribution in [0, 0.1) is 12.7 Å². The highest BCUT2D eigenvalue weighted by Gasteiger charge is 2.14. The largest absolute Gasteiger partial charge is 0.497 e. The van der Waals surface area contributed by atoms with E-state index in [-0.39, 0.29) is 5.82 Å². The molecular weight excluding hydrogens is 337 g/mol. The van der Waals surface area contributed by atoms with Crippen LogP contribution < -0.4 is 10.5 Å². The van der Waals surface area contributed by atoms with E-state index in [1.165, 1.54) is 6.07 Å². The van der Waals surface area contributed by atoms with E-state index in [0.717, 1.165) is 22.5 Å². The Kier molecular flexibility index (Phi) is 3.33. The average molecular weight is 350 g/mol. The quantitative estimate of drug-likeness (QED) is 0.764. The maximum Gasteiger partial charge on any atom is 0.205 e. The molecule has 21 heavy (non-hydrogen) atoms. The molecule has 2 aromatic carbocycles. The Morgan fingerprint density at radius 3 is 2.71 bits per heavy atom. The fourth-order valence-electron chi connectivity index (χ4n) is 2.35. The molecule has 0 aliphatic carbocycles. The second-order valence-electron chi connectivity index (χ2n) is 4.71. The van der Waals surface area contributed by atoms with E-state index in [1.54, 1.807) is 17.7 Å². The number of imidazole rings is 1. The van der Waals surface area contributed by atoms with E-state index in [0.29, 0.717) is 15.9 Å². The number of aryl methyl sites for hydroxylation is 1. The number of methoxy groups -OCH3 is 1. The lowest BCUT2D eigenvalue weighted by Gasteiger charge is -2.11. The van der Waals surface area contributed by atoms with Crippen molar-refractivity contribution in [2.45, 2.75) is 6.92 Å². The number of anilines is 1. The lowest BCUT2D eigenvalue weighted by atomic mass is 10.2. The van der Waals surface area contributed by atoms with Gasteiger partial charge in [0.25, 0.3) is 0 Å². The molecule has 108 valence electrons. The lowest BCUT2D eigenvalue weighted by Crippen LogP contribution is -2.02. The van der Waals surface area contributed by atoms with E-state index >= 15 is 0 Å². The van der Waals surface area contributed by atoms with Crippen LogP contribution in [0.2, 0.25) is 0 Å². The molecule has 3 rings (SSSR count). The van der Waals surface area contributed by atoms with Gasteiger partial charge < -0.3 is 10.5 Å². The third-order valence-electron chi connectivity index (χ3n) is 3.37. The maximum atomic E-state index is 13.6. The van der Waals surface area contributed by atoms with Gasteiger partial charge in [-0.15, -0.1) is 0 Å². The number of rotatable bonds is 2. The van der Waals surface area contributed by atoms with Crippen molar-refractivity contribution in [3.8, 4) is 11.4 Å². The summed E-state index contributed by atoms with van der Waals surface area (Å²) in [5.74, 6) is 0.723. The Balaban J connectivity index is 2.29. The second kappa shape index (κ2) is 5.04. The van der Waals surface area contributed by atoms with Crippen LogP contribution in [0.1, 0.15) is 5.56 Å². The first-order chi connectivity index (χ1) is 10.0. The molecule has 0 unspecified atom stereocenters. The van der Waals surface area contributed by atoms with Crippen LogP contribution in [0.25, 0.3) is 16.7 Å². The molecule has 0 radical (unpaired) electrons. The van der Waals surface area contributed by atoms with Crippen molar-refractivity contribution in [3.05, 3.63) is 46.2 Å². The van der Waals surface area contributed by atoms with E-state index in [2.05, 4.69) is 20.9 Å². The van der Waals surface area contributed by atoms with Crippen molar-refractivity contribution in [1.29, 1.82) is 0 Å². The zero-order chi connectivity index (χ0) is 15.1. The number of halogens is 2. The van der Waals surface area contributed by atoms with Crippen molar-refractivity contribution >= 4 is 32.9 Å². The Labute approximate surface area is 129 Å². The van der Waals surface area contributed by atoms with Gasteiger partial charge in [-0.3, -0.25) is 4.57 Å². The molecule has 3 aromatic rings. The van der Waals surface area contributed by atoms with E-state index in [1.807, 2.05) is 25.1 Å². The van der Waals surface area contributed by atoms with Gasteiger partial charge in [0.2, 0.25) is 5.95 Å². The predicted molar refractivity (Wildman–Crippen MR) is 84.4 cm³/mol. The number of hydrogen-bond donors (Lipinski definition) is 1. The minimum atomic E-state index is -0.362. The number of benzene rings is 2. The van der Waals surface area contributed by atoms with Crippen LogP contribution in [-0.2, 0) is 0 Å². The van der Waals surface area contributed by atoms with Crippen LogP contribution in [0.3, 0.4) is 0 Å². The molecule has 0 saturated carbocycles. The zero-order valence-corrected chi connectivity index (χ0v) is 13.1. The topological polar surface area (TPSA) is 53.1 Å². The Morgan fingerprint density at radius 1 is 1.29 bits per heavy atom. The van der Waals surface area contributed by atoms with Crippen LogP contribution in [0.4, 0.5) is 10.3 Å². The summed E-state index contributed by atoms with van der Waals surface area (Å²) >= 11 is 3.20. The molecule has 0 aliphatic rings. The molecule has 6 heteroatoms. The average Bonchev–Trinajstić information content (AvgIpc) is 2.75. The monoisotopic (exact) mass is 349 g/mol. The molecule has 0 atom stereocenters. The fourth-order valence-corrected chi connectivity index (χ4v) is 2.68. The molecular formula is C15H13BrFN3O. The molecule has 1 heterocycles. The molecule has 0 fully saturated rings. The van der Waals surface area contributed by atoms with E-state index in [4.69, 9.17) is 10.5 Å². The highest BCUT2D eigenvalue weighted by atomic mass is 79.9. The number of ether oxygens (including phenoxy) is 1. The molecule has 0 saturated heterocycles. The Morgan fingerprint density at radius 2 is 2.05 bits per heavy atom. The second-order valence-corrected chi connectivity index (χ2v) is 5.57. The summed E-state index contributed by atoms with van der Waals surface area (Å²) in [6.45, 7) is 1.96. The summed E-state index contributed by atoms with van der Waals surface area (Å²) in [7, 11) is 1.62. The first kappa shape index (κ1) is 13.9. The molecule has 2 N–H and O–H groups in total. The number of fused-ring (bicyclic) bond motifs is 1. The number of nitrogens with zero attached hydrogens (tertiary/aromatic N) is 2. The summed E-state index contributed by atoms with van der Waals surface area (Å²) in [6.07, 6.45) is 0. The molecule has 4 nitrogen and oxygen atoms in total. The lowest BCUT2D eigenvalue weighted by molar-refractivity contribution is 0.414. The number of nitrogen functional groups attached to an aromatic ring is 1. The third-order valence-corrected chi connectivity index (χ3v) is 3.98. The van der Waals surface area contributed by atoms with Gasteiger partial charge in [0.15, 0.2) is 0 Å². The van der Waals surface area contributed by atoms with Crippen LogP contribution in [-0.4, -0.2) is 16.7 Å². The van der Waals surface area contributed by atoms with Crippen molar-refractivity contribution < 1.29 is 9.13 Å². The van der Waals surface area contributed by atoms with Crippen LogP contribution in [0.5, 0.6) is 5.75 Å². The van der Waals surface area contributed by atoms with Crippen LogP contribution >= 0.6 is 15.9 Å². The van der Waals surface area contributed by atoms with Crippen LogP contribution in [0.15, 0.2) is 34.8 Å². The maximum absolute atomic E-state index is 13.6. The summed E-state index contributed by atoms with van der Waals surface area (Å²) in [4.78, 5) is 4.22. The third kappa shape index (κ3) is 2.25. The number of hydrogen-bond acceptors (Lipinski definition) is 3. The van der Waals surface area contributed by atoms with Gasteiger partial charge in [-0.1, -0.05) is 0 Å². The highest BCUT2D eigenvalue weighted by molar-refractivity contribution is 9.10. The van der Waals surface area contributed by atoms with E-state index < -0.39 is 0 Å². The van der Waals surface area contributed by atoms with Crippen molar-refractivity contribution in [2.75, 3.05) is 12.8 Å². The van der Waals surface area contributed by atoms with Crippen molar-refractivity contribution in [1.82, 2.24) is 9.55 Å². The van der Waals surface area contributed by atoms with Crippen molar-refractivity contribution in [3.63, 3.8) is 0 Å². The molecule has 0 spiro atoms. The number of aromatic nitrogens is 2. The smallest absolute Gasteiger partial charge is 0.205 e. The van der Waals surface area contributed by atoms with Gasteiger partial charge >= 0.3 is 0 Å². The minimum absolute atomic E-state index is 0.316. The number of nitrogens with two attached hydrogens (primary N) is 1. The Bertz CT molecular complexity index is 845. The van der Waals surface area contributed by atoms with Gasteiger partial charge in [-0.2, -0.15) is 0 Å². The summed E-state index contributed by atoms with van der Waals surface area (Å²) in [5, 5.41) is 0. The fraction of sp³-hybridized carbons (Fsp3) is 0.133. The summed E-state index contributed by atoms with van der Waals surface area (Å²) < 4.78 is 21.0. The van der Waals surface area contributed by atoms with Gasteiger partial charge in [-0.25, -0.2) is 9.37 Å². The Hall–Kier alpha value is -2.08. The SMILES string of the molecule is COc1ccc(-n2c(N)nc3cc(F)c(Br)cc32)c(C)c1. The van der Waals surface area contributed by atoms with Gasteiger partial charge in [0.05, 0.1) is 28.3 Å². The standard InChI is InChI=1S/C15H13BrFN3O/c1-8-5-9(21-2)3-4-13(8)20-14-6-10(16)11(17)7-12(14)19-15(20)18/h3-7H,1-2H3,(H2,18,19). The van der Waals surface area contributed by atoms with Gasteiger partial charge in [0, 0.05) is 6.07 Å². The van der Waals surface area contributed by atoms with E-state index in [9.17, 15) is 4.39 Å².